The van der Waals surface area contributed by atoms with Crippen molar-refractivity contribution in [2.24, 2.45) is 0 Å². The second-order valence-corrected chi connectivity index (χ2v) is 9.30. The molecule has 0 aliphatic carbocycles. The first-order chi connectivity index (χ1) is 8.24. The summed E-state index contributed by atoms with van der Waals surface area (Å²) in [5.74, 6) is 5.48. The summed E-state index contributed by atoms with van der Waals surface area (Å²) >= 11 is 0. The van der Waals surface area contributed by atoms with Gasteiger partial charge >= 0.3 is 0 Å². The van der Waals surface area contributed by atoms with Crippen LogP contribution in [0.3, 0.4) is 0 Å². The maximum Gasteiger partial charge on any atom is 0.139 e. The van der Waals surface area contributed by atoms with Crippen LogP contribution in [0.4, 0.5) is 0 Å². The lowest BCUT2D eigenvalue weighted by Crippen LogP contribution is -2.32. The minimum Gasteiger partial charge on any atom is -0.117 e. The van der Waals surface area contributed by atoms with Gasteiger partial charge in [-0.05, 0) is 30.0 Å². The Kier molecular flexibility index (Phi) is 10.1. The van der Waals surface area contributed by atoms with Crippen LogP contribution < -0.4 is 0 Å². The lowest BCUT2D eigenvalue weighted by atomic mass is 10.4. The first-order valence-corrected chi connectivity index (χ1v) is 9.84. The molecule has 0 heterocycles. The lowest BCUT2D eigenvalue weighted by Gasteiger charge is -2.25. The predicted molar refractivity (Wildman–Crippen MR) is 81.5 cm³/mol. The van der Waals surface area contributed by atoms with Crippen LogP contribution in [-0.4, -0.2) is 8.07 Å². The first kappa shape index (κ1) is 16.3. The van der Waals surface area contributed by atoms with Crippen LogP contribution in [0, 0.1) is 23.8 Å². The SMILES string of the molecule is C#CC#C[Si](CCCC)(CCCC)CCCC. The third-order valence-corrected chi connectivity index (χ3v) is 8.01. The molecular formula is C16H28Si. The van der Waals surface area contributed by atoms with Crippen molar-refractivity contribution in [2.75, 3.05) is 0 Å². The summed E-state index contributed by atoms with van der Waals surface area (Å²) in [6.07, 6.45) is 13.2. The maximum absolute atomic E-state index is 5.32. The molecule has 0 aromatic carbocycles. The topological polar surface area (TPSA) is 0 Å². The number of terminal acetylenes is 1. The lowest BCUT2D eigenvalue weighted by molar-refractivity contribution is 0.802. The monoisotopic (exact) mass is 248 g/mol. The Morgan fingerprint density at radius 1 is 0.824 bits per heavy atom. The van der Waals surface area contributed by atoms with Gasteiger partial charge in [0.2, 0.25) is 0 Å². The van der Waals surface area contributed by atoms with Crippen LogP contribution in [0.15, 0.2) is 0 Å². The Morgan fingerprint density at radius 2 is 1.24 bits per heavy atom. The molecule has 0 saturated carbocycles. The number of hydrogen-bond donors (Lipinski definition) is 0. The van der Waals surface area contributed by atoms with Crippen LogP contribution in [-0.2, 0) is 0 Å². The Bertz CT molecular complexity index is 252. The van der Waals surface area contributed by atoms with Crippen molar-refractivity contribution in [3.05, 3.63) is 0 Å². The molecule has 0 bridgehead atoms. The zero-order valence-corrected chi connectivity index (χ0v) is 12.9. The van der Waals surface area contributed by atoms with Crippen LogP contribution in [0.2, 0.25) is 18.1 Å². The molecule has 0 rings (SSSR count). The molecule has 0 amide bonds. The van der Waals surface area contributed by atoms with Gasteiger partial charge in [0.25, 0.3) is 0 Å². The summed E-state index contributed by atoms with van der Waals surface area (Å²) in [6, 6.07) is 4.08. The molecule has 1 heteroatoms. The molecule has 17 heavy (non-hydrogen) atoms. The van der Waals surface area contributed by atoms with Gasteiger partial charge in [-0.25, -0.2) is 0 Å². The molecule has 0 aromatic heterocycles. The highest BCUT2D eigenvalue weighted by molar-refractivity contribution is 6.87. The number of rotatable bonds is 9. The second-order valence-electron chi connectivity index (χ2n) is 4.99. The third-order valence-electron chi connectivity index (χ3n) is 3.43. The minimum atomic E-state index is -1.38. The van der Waals surface area contributed by atoms with Crippen molar-refractivity contribution in [1.29, 1.82) is 0 Å². The van der Waals surface area contributed by atoms with Crippen molar-refractivity contribution < 1.29 is 0 Å². The van der Waals surface area contributed by atoms with E-state index in [-0.39, 0.29) is 0 Å². The van der Waals surface area contributed by atoms with Gasteiger partial charge in [-0.3, -0.25) is 0 Å². The van der Waals surface area contributed by atoms with Gasteiger partial charge in [-0.2, -0.15) is 0 Å². The zero-order chi connectivity index (χ0) is 13.0. The largest absolute Gasteiger partial charge is 0.139 e. The maximum atomic E-state index is 5.32. The van der Waals surface area contributed by atoms with E-state index in [4.69, 9.17) is 6.42 Å². The van der Waals surface area contributed by atoms with Crippen LogP contribution >= 0.6 is 0 Å². The van der Waals surface area contributed by atoms with E-state index >= 15 is 0 Å². The summed E-state index contributed by atoms with van der Waals surface area (Å²) < 4.78 is 0. The molecule has 0 fully saturated rings. The van der Waals surface area contributed by atoms with E-state index in [0.29, 0.717) is 0 Å². The van der Waals surface area contributed by atoms with Crippen molar-refractivity contribution in [1.82, 2.24) is 0 Å². The van der Waals surface area contributed by atoms with Gasteiger partial charge < -0.3 is 0 Å². The smallest absolute Gasteiger partial charge is 0.117 e. The second kappa shape index (κ2) is 10.5. The molecule has 0 aliphatic rings. The van der Waals surface area contributed by atoms with Gasteiger partial charge in [-0.1, -0.05) is 59.3 Å². The third kappa shape index (κ3) is 7.30. The highest BCUT2D eigenvalue weighted by Crippen LogP contribution is 2.27. The molecule has 0 unspecified atom stereocenters. The molecule has 0 nitrogen and oxygen atoms in total. The molecule has 0 atom stereocenters. The highest BCUT2D eigenvalue weighted by atomic mass is 28.3. The normalized spacial score (nSPS) is 10.5. The van der Waals surface area contributed by atoms with Crippen molar-refractivity contribution in [2.45, 2.75) is 77.4 Å². The van der Waals surface area contributed by atoms with E-state index < -0.39 is 8.07 Å². The first-order valence-electron chi connectivity index (χ1n) is 7.22. The van der Waals surface area contributed by atoms with Gasteiger partial charge in [0.05, 0.1) is 0 Å². The summed E-state index contributed by atoms with van der Waals surface area (Å²) in [5.41, 5.74) is 3.54. The van der Waals surface area contributed by atoms with E-state index in [1.165, 1.54) is 56.7 Å². The Morgan fingerprint density at radius 3 is 1.53 bits per heavy atom. The van der Waals surface area contributed by atoms with E-state index in [1.807, 2.05) is 0 Å². The van der Waals surface area contributed by atoms with Gasteiger partial charge in [0.1, 0.15) is 8.07 Å². The fraction of sp³-hybridized carbons (Fsp3) is 0.750. The molecule has 0 saturated heterocycles. The molecule has 0 spiro atoms. The summed E-state index contributed by atoms with van der Waals surface area (Å²) in [5, 5.41) is 0. The standard InChI is InChI=1S/C16H28Si/c1-5-9-13-17(14-10-6-2,15-11-7-3)16-12-8-4/h1H,6-8,10-12,14-16H2,2-4H3. The van der Waals surface area contributed by atoms with E-state index in [9.17, 15) is 0 Å². The average molecular weight is 248 g/mol. The van der Waals surface area contributed by atoms with Crippen molar-refractivity contribution >= 4 is 8.07 Å². The van der Waals surface area contributed by atoms with E-state index in [2.05, 4.69) is 38.2 Å². The van der Waals surface area contributed by atoms with Crippen molar-refractivity contribution in [3.8, 4) is 23.8 Å². The highest BCUT2D eigenvalue weighted by Gasteiger charge is 2.29. The number of hydrogen-bond acceptors (Lipinski definition) is 0. The predicted octanol–water partition coefficient (Wildman–Crippen LogP) is 5.01. The zero-order valence-electron chi connectivity index (χ0n) is 11.9. The van der Waals surface area contributed by atoms with Gasteiger partial charge in [-0.15, -0.1) is 12.0 Å². The Labute approximate surface area is 110 Å². The fourth-order valence-electron chi connectivity index (χ4n) is 2.28. The Balaban J connectivity index is 4.71. The number of unbranched alkanes of at least 4 members (excludes halogenated alkanes) is 3. The van der Waals surface area contributed by atoms with Crippen LogP contribution in [0.25, 0.3) is 0 Å². The fourth-order valence-corrected chi connectivity index (χ4v) is 6.83. The van der Waals surface area contributed by atoms with Crippen molar-refractivity contribution in [3.63, 3.8) is 0 Å². The van der Waals surface area contributed by atoms with E-state index in [1.54, 1.807) is 0 Å². The molecule has 96 valence electrons. The average Bonchev–Trinajstić information content (AvgIpc) is 2.37. The van der Waals surface area contributed by atoms with E-state index in [0.717, 1.165) is 0 Å². The van der Waals surface area contributed by atoms with Gasteiger partial charge in [0.15, 0.2) is 0 Å². The molecular weight excluding hydrogens is 220 g/mol. The van der Waals surface area contributed by atoms with Gasteiger partial charge in [0, 0.05) is 0 Å². The van der Waals surface area contributed by atoms with Crippen LogP contribution in [0.1, 0.15) is 59.3 Å². The quantitative estimate of drug-likeness (QED) is 0.397. The van der Waals surface area contributed by atoms with Crippen LogP contribution in [0.5, 0.6) is 0 Å². The molecule has 0 aliphatic heterocycles. The summed E-state index contributed by atoms with van der Waals surface area (Å²) in [7, 11) is -1.38. The molecule has 0 N–H and O–H groups in total. The summed E-state index contributed by atoms with van der Waals surface area (Å²) in [6.45, 7) is 6.81. The summed E-state index contributed by atoms with van der Waals surface area (Å²) in [4.78, 5) is 0. The molecule has 0 radical (unpaired) electrons. The minimum absolute atomic E-state index is 1.28. The molecule has 0 aromatic rings. The Hall–Kier alpha value is -0.663.